The Morgan fingerprint density at radius 1 is 1.47 bits per heavy atom. The lowest BCUT2D eigenvalue weighted by atomic mass is 10.2. The Hall–Kier alpha value is -1.36. The van der Waals surface area contributed by atoms with Crippen molar-refractivity contribution in [3.8, 4) is 0 Å². The fourth-order valence-corrected chi connectivity index (χ4v) is 0.935. The molecule has 0 aliphatic heterocycles. The van der Waals surface area contributed by atoms with Gasteiger partial charge in [0, 0.05) is 12.1 Å². The molecule has 5 nitrogen and oxygen atoms in total. The maximum absolute atomic E-state index is 11.3. The van der Waals surface area contributed by atoms with Gasteiger partial charge in [0.1, 0.15) is 6.61 Å². The Morgan fingerprint density at radius 3 is 2.67 bits per heavy atom. The summed E-state index contributed by atoms with van der Waals surface area (Å²) in [7, 11) is 0. The molecule has 2 N–H and O–H groups in total. The molecule has 0 fully saturated rings. The van der Waals surface area contributed by atoms with Crippen molar-refractivity contribution in [2.24, 2.45) is 0 Å². The molecule has 0 aliphatic rings. The SMILES string of the molecule is CCC=C(C)C(=O)NCCOCC(=O)O. The molecule has 0 heterocycles. The van der Waals surface area contributed by atoms with Crippen LogP contribution in [-0.4, -0.2) is 36.7 Å². The first-order chi connectivity index (χ1) is 7.07. The van der Waals surface area contributed by atoms with Crippen molar-refractivity contribution in [2.75, 3.05) is 19.8 Å². The number of hydrogen-bond acceptors (Lipinski definition) is 3. The molecule has 5 heteroatoms. The number of carbonyl (C=O) groups excluding carboxylic acids is 1. The molecule has 0 saturated heterocycles. The van der Waals surface area contributed by atoms with E-state index in [1.54, 1.807) is 6.92 Å². The minimum atomic E-state index is -1.01. The maximum Gasteiger partial charge on any atom is 0.329 e. The number of aliphatic carboxylic acids is 1. The van der Waals surface area contributed by atoms with E-state index in [-0.39, 0.29) is 19.1 Å². The number of carboxylic acids is 1. The van der Waals surface area contributed by atoms with Crippen LogP contribution in [0.4, 0.5) is 0 Å². The Bertz CT molecular complexity index is 248. The summed E-state index contributed by atoms with van der Waals surface area (Å²) in [5.41, 5.74) is 0.663. The molecule has 0 bridgehead atoms. The van der Waals surface area contributed by atoms with E-state index >= 15 is 0 Å². The first-order valence-corrected chi connectivity index (χ1v) is 4.82. The van der Waals surface area contributed by atoms with Crippen LogP contribution in [0.5, 0.6) is 0 Å². The maximum atomic E-state index is 11.3. The minimum absolute atomic E-state index is 0.143. The molecule has 86 valence electrons. The lowest BCUT2D eigenvalue weighted by Gasteiger charge is -2.05. The van der Waals surface area contributed by atoms with Gasteiger partial charge in [-0.2, -0.15) is 0 Å². The van der Waals surface area contributed by atoms with Crippen molar-refractivity contribution in [3.63, 3.8) is 0 Å². The van der Waals surface area contributed by atoms with Crippen molar-refractivity contribution >= 4 is 11.9 Å². The lowest BCUT2D eigenvalue weighted by Crippen LogP contribution is -2.28. The van der Waals surface area contributed by atoms with Gasteiger partial charge >= 0.3 is 5.97 Å². The Balaban J connectivity index is 3.55. The largest absolute Gasteiger partial charge is 0.480 e. The smallest absolute Gasteiger partial charge is 0.329 e. The Morgan fingerprint density at radius 2 is 2.13 bits per heavy atom. The van der Waals surface area contributed by atoms with Gasteiger partial charge in [0.15, 0.2) is 0 Å². The van der Waals surface area contributed by atoms with Gasteiger partial charge in [-0.3, -0.25) is 4.79 Å². The summed E-state index contributed by atoms with van der Waals surface area (Å²) >= 11 is 0. The molecule has 0 aromatic rings. The van der Waals surface area contributed by atoms with Crippen LogP contribution >= 0.6 is 0 Å². The van der Waals surface area contributed by atoms with Crippen LogP contribution < -0.4 is 5.32 Å². The summed E-state index contributed by atoms with van der Waals surface area (Å²) < 4.78 is 4.75. The Labute approximate surface area is 89.1 Å². The normalized spacial score (nSPS) is 11.2. The molecule has 0 atom stereocenters. The first kappa shape index (κ1) is 13.6. The number of nitrogens with one attached hydrogen (secondary N) is 1. The monoisotopic (exact) mass is 215 g/mol. The van der Waals surface area contributed by atoms with Gasteiger partial charge in [0.2, 0.25) is 5.91 Å². The van der Waals surface area contributed by atoms with Crippen LogP contribution in [0, 0.1) is 0 Å². The van der Waals surface area contributed by atoms with Crippen molar-refractivity contribution < 1.29 is 19.4 Å². The molecule has 0 aliphatic carbocycles. The quantitative estimate of drug-likeness (QED) is 0.480. The van der Waals surface area contributed by atoms with Crippen LogP contribution in [0.2, 0.25) is 0 Å². The van der Waals surface area contributed by atoms with Crippen molar-refractivity contribution in [2.45, 2.75) is 20.3 Å². The highest BCUT2D eigenvalue weighted by Gasteiger charge is 2.02. The number of hydrogen-bond donors (Lipinski definition) is 2. The number of carbonyl (C=O) groups is 2. The molecule has 0 rings (SSSR count). The number of allylic oxidation sites excluding steroid dienone is 1. The molecule has 0 aromatic carbocycles. The van der Waals surface area contributed by atoms with Gasteiger partial charge in [-0.25, -0.2) is 4.79 Å². The highest BCUT2D eigenvalue weighted by molar-refractivity contribution is 5.92. The standard InChI is InChI=1S/C10H17NO4/c1-3-4-8(2)10(14)11-5-6-15-7-9(12)13/h4H,3,5-7H2,1-2H3,(H,11,14)(H,12,13). The van der Waals surface area contributed by atoms with Crippen molar-refractivity contribution in [3.05, 3.63) is 11.6 Å². The van der Waals surface area contributed by atoms with E-state index in [1.807, 2.05) is 13.0 Å². The van der Waals surface area contributed by atoms with Gasteiger partial charge in [-0.15, -0.1) is 0 Å². The molecule has 0 saturated carbocycles. The molecular formula is C10H17NO4. The molecule has 0 unspecified atom stereocenters. The van der Waals surface area contributed by atoms with E-state index in [2.05, 4.69) is 5.32 Å². The second kappa shape index (κ2) is 7.99. The van der Waals surface area contributed by atoms with E-state index in [0.29, 0.717) is 12.1 Å². The van der Waals surface area contributed by atoms with Gasteiger partial charge in [-0.1, -0.05) is 13.0 Å². The number of ether oxygens (including phenoxy) is 1. The second-order valence-corrected chi connectivity index (χ2v) is 3.00. The highest BCUT2D eigenvalue weighted by Crippen LogP contribution is 1.93. The van der Waals surface area contributed by atoms with Crippen LogP contribution in [0.15, 0.2) is 11.6 Å². The predicted molar refractivity (Wildman–Crippen MR) is 55.5 cm³/mol. The number of amides is 1. The van der Waals surface area contributed by atoms with Gasteiger partial charge < -0.3 is 15.2 Å². The van der Waals surface area contributed by atoms with E-state index in [0.717, 1.165) is 6.42 Å². The van der Waals surface area contributed by atoms with Crippen LogP contribution in [0.3, 0.4) is 0 Å². The van der Waals surface area contributed by atoms with Gasteiger partial charge in [0.05, 0.1) is 6.61 Å². The zero-order valence-electron chi connectivity index (χ0n) is 9.08. The third-order valence-corrected chi connectivity index (χ3v) is 1.63. The second-order valence-electron chi connectivity index (χ2n) is 3.00. The van der Waals surface area contributed by atoms with Crippen LogP contribution in [-0.2, 0) is 14.3 Å². The fourth-order valence-electron chi connectivity index (χ4n) is 0.935. The molecular weight excluding hydrogens is 198 g/mol. The first-order valence-electron chi connectivity index (χ1n) is 4.82. The molecule has 0 aromatic heterocycles. The summed E-state index contributed by atoms with van der Waals surface area (Å²) in [6, 6.07) is 0. The summed E-state index contributed by atoms with van der Waals surface area (Å²) in [4.78, 5) is 21.3. The van der Waals surface area contributed by atoms with Crippen molar-refractivity contribution in [1.29, 1.82) is 0 Å². The zero-order valence-corrected chi connectivity index (χ0v) is 9.08. The lowest BCUT2D eigenvalue weighted by molar-refractivity contribution is -0.142. The molecule has 0 radical (unpaired) electrons. The molecule has 15 heavy (non-hydrogen) atoms. The number of carboxylic acid groups (broad SMARTS) is 1. The Kier molecular flexibility index (Phi) is 7.27. The van der Waals surface area contributed by atoms with Gasteiger partial charge in [-0.05, 0) is 13.3 Å². The van der Waals surface area contributed by atoms with Crippen molar-refractivity contribution in [1.82, 2.24) is 5.32 Å². The third kappa shape index (κ3) is 7.69. The van der Waals surface area contributed by atoms with Crippen LogP contribution in [0.25, 0.3) is 0 Å². The minimum Gasteiger partial charge on any atom is -0.480 e. The summed E-state index contributed by atoms with van der Waals surface area (Å²) in [5.74, 6) is -1.15. The summed E-state index contributed by atoms with van der Waals surface area (Å²) in [6.45, 7) is 3.88. The zero-order chi connectivity index (χ0) is 11.7. The average molecular weight is 215 g/mol. The predicted octanol–water partition coefficient (Wildman–Crippen LogP) is 0.560. The van der Waals surface area contributed by atoms with E-state index in [4.69, 9.17) is 9.84 Å². The summed E-state index contributed by atoms with van der Waals surface area (Å²) in [5, 5.41) is 10.9. The van der Waals surface area contributed by atoms with E-state index in [9.17, 15) is 9.59 Å². The topological polar surface area (TPSA) is 75.6 Å². The fraction of sp³-hybridized carbons (Fsp3) is 0.600. The van der Waals surface area contributed by atoms with Gasteiger partial charge in [0.25, 0.3) is 0 Å². The third-order valence-electron chi connectivity index (χ3n) is 1.63. The highest BCUT2D eigenvalue weighted by atomic mass is 16.5. The average Bonchev–Trinajstić information content (AvgIpc) is 2.16. The van der Waals surface area contributed by atoms with E-state index in [1.165, 1.54) is 0 Å². The number of rotatable bonds is 7. The molecule has 1 amide bonds. The molecule has 0 spiro atoms. The summed E-state index contributed by atoms with van der Waals surface area (Å²) in [6.07, 6.45) is 2.64. The van der Waals surface area contributed by atoms with E-state index < -0.39 is 5.97 Å². The van der Waals surface area contributed by atoms with Crippen LogP contribution in [0.1, 0.15) is 20.3 Å².